The van der Waals surface area contributed by atoms with Crippen molar-refractivity contribution in [2.45, 2.75) is 181 Å². The number of allylic oxidation sites excluding steroid dienone is 20. The van der Waals surface area contributed by atoms with Crippen molar-refractivity contribution in [3.63, 3.8) is 0 Å². The van der Waals surface area contributed by atoms with Crippen molar-refractivity contribution in [3.05, 3.63) is 122 Å². The molecule has 0 saturated heterocycles. The van der Waals surface area contributed by atoms with E-state index in [1.165, 1.54) is 38.5 Å². The Labute approximate surface area is 361 Å². The van der Waals surface area contributed by atoms with Gasteiger partial charge in [0.2, 0.25) is 0 Å². The zero-order valence-electron chi connectivity index (χ0n) is 37.5. The van der Waals surface area contributed by atoms with E-state index < -0.39 is 12.1 Å². The predicted molar refractivity (Wildman–Crippen MR) is 251 cm³/mol. The van der Waals surface area contributed by atoms with E-state index in [1.54, 1.807) is 0 Å². The van der Waals surface area contributed by atoms with Gasteiger partial charge in [0.15, 0.2) is 6.10 Å². The van der Waals surface area contributed by atoms with Crippen LogP contribution in [0.2, 0.25) is 0 Å². The Hall–Kier alpha value is -4.19. The zero-order chi connectivity index (χ0) is 43.0. The van der Waals surface area contributed by atoms with Crippen LogP contribution in [0.3, 0.4) is 0 Å². The van der Waals surface area contributed by atoms with E-state index in [0.29, 0.717) is 19.3 Å². The Morgan fingerprint density at radius 1 is 0.356 bits per heavy atom. The molecule has 0 fully saturated rings. The highest BCUT2D eigenvalue weighted by molar-refractivity contribution is 5.71. The number of ether oxygens (including phenoxy) is 3. The molecule has 0 aliphatic rings. The standard InChI is InChI=1S/C53H82O6/c1-4-7-10-13-16-19-22-25-26-29-31-34-37-40-43-46-52(55)58-49-50(59-53(56)47-44-41-38-35-32-28-24-21-18-15-12-9-6-3)48-57-51(54)45-42-39-36-33-30-27-23-20-17-14-11-8-5-2/h7,9-10,12-13,15-16,18-19,21-22,24-28,30,32,35,38,50H,4-6,8,11,14,17,20,23,29,31,33-34,36-37,39-49H2,1-3H3/b10-7+,12-9+,16-13+,18-15+,22-19+,24-21+,26-25+,30-27+,32-28+,38-35+. The molecule has 1 atom stereocenters. The molecule has 0 aliphatic heterocycles. The number of carbonyl (C=O) groups excluding carboxylic acids is 3. The van der Waals surface area contributed by atoms with E-state index in [4.69, 9.17) is 14.2 Å². The van der Waals surface area contributed by atoms with Crippen LogP contribution in [-0.4, -0.2) is 37.2 Å². The fraction of sp³-hybridized carbons (Fsp3) is 0.566. The molecule has 330 valence electrons. The van der Waals surface area contributed by atoms with Crippen LogP contribution in [0.1, 0.15) is 175 Å². The summed E-state index contributed by atoms with van der Waals surface area (Å²) in [5, 5.41) is 0. The van der Waals surface area contributed by atoms with Crippen LogP contribution in [0.25, 0.3) is 0 Å². The highest BCUT2D eigenvalue weighted by atomic mass is 16.6. The third-order valence-electron chi connectivity index (χ3n) is 9.15. The van der Waals surface area contributed by atoms with Gasteiger partial charge >= 0.3 is 17.9 Å². The van der Waals surface area contributed by atoms with E-state index in [2.05, 4.69) is 63.3 Å². The van der Waals surface area contributed by atoms with Crippen molar-refractivity contribution in [3.8, 4) is 0 Å². The Balaban J connectivity index is 4.59. The van der Waals surface area contributed by atoms with Crippen molar-refractivity contribution in [1.82, 2.24) is 0 Å². The number of rotatable bonds is 39. The molecular weight excluding hydrogens is 733 g/mol. The molecule has 0 radical (unpaired) electrons. The van der Waals surface area contributed by atoms with Gasteiger partial charge in [-0.25, -0.2) is 0 Å². The average Bonchev–Trinajstić information content (AvgIpc) is 3.23. The van der Waals surface area contributed by atoms with Gasteiger partial charge in [-0.15, -0.1) is 0 Å². The first kappa shape index (κ1) is 54.8. The van der Waals surface area contributed by atoms with Crippen LogP contribution < -0.4 is 0 Å². The van der Waals surface area contributed by atoms with Crippen LogP contribution in [0.4, 0.5) is 0 Å². The van der Waals surface area contributed by atoms with Gasteiger partial charge in [0.05, 0.1) is 0 Å². The quantitative estimate of drug-likeness (QED) is 0.0202. The molecule has 0 spiro atoms. The normalized spacial score (nSPS) is 13.2. The van der Waals surface area contributed by atoms with E-state index in [9.17, 15) is 14.4 Å². The van der Waals surface area contributed by atoms with Crippen molar-refractivity contribution >= 4 is 17.9 Å². The summed E-state index contributed by atoms with van der Waals surface area (Å²) >= 11 is 0. The summed E-state index contributed by atoms with van der Waals surface area (Å²) in [6, 6.07) is 0. The van der Waals surface area contributed by atoms with Gasteiger partial charge in [-0.05, 0) is 77.0 Å². The van der Waals surface area contributed by atoms with Crippen molar-refractivity contribution in [1.29, 1.82) is 0 Å². The molecule has 0 N–H and O–H groups in total. The van der Waals surface area contributed by atoms with Gasteiger partial charge in [0, 0.05) is 19.3 Å². The fourth-order valence-electron chi connectivity index (χ4n) is 5.71. The van der Waals surface area contributed by atoms with Gasteiger partial charge in [0.25, 0.3) is 0 Å². The number of unbranched alkanes of at least 4 members (excludes halogenated alkanes) is 15. The maximum atomic E-state index is 12.7. The SMILES string of the molecule is CC/C=C/C=C/C=C/C=C/C=C/CCCC(=O)OC(COC(=O)CCCCC/C=C/CCCCCCCC)COC(=O)CCCCCCC/C=C/C=C/C=C/C=C/CC. The van der Waals surface area contributed by atoms with Gasteiger partial charge in [0.1, 0.15) is 13.2 Å². The summed E-state index contributed by atoms with van der Waals surface area (Å²) in [7, 11) is 0. The molecule has 0 heterocycles. The van der Waals surface area contributed by atoms with Gasteiger partial charge < -0.3 is 14.2 Å². The third-order valence-corrected chi connectivity index (χ3v) is 9.15. The zero-order valence-corrected chi connectivity index (χ0v) is 37.5. The summed E-state index contributed by atoms with van der Waals surface area (Å²) in [4.78, 5) is 37.8. The molecule has 59 heavy (non-hydrogen) atoms. The smallest absolute Gasteiger partial charge is 0.306 e. The van der Waals surface area contributed by atoms with Crippen molar-refractivity contribution < 1.29 is 28.6 Å². The van der Waals surface area contributed by atoms with Gasteiger partial charge in [-0.3, -0.25) is 14.4 Å². The van der Waals surface area contributed by atoms with Crippen molar-refractivity contribution in [2.75, 3.05) is 13.2 Å². The predicted octanol–water partition coefficient (Wildman–Crippen LogP) is 15.0. The maximum Gasteiger partial charge on any atom is 0.306 e. The molecule has 0 aromatic rings. The molecular formula is C53H82O6. The molecule has 1 unspecified atom stereocenters. The molecule has 0 saturated carbocycles. The molecule has 0 aromatic carbocycles. The molecule has 0 amide bonds. The van der Waals surface area contributed by atoms with Crippen LogP contribution in [0.15, 0.2) is 122 Å². The van der Waals surface area contributed by atoms with E-state index in [0.717, 1.165) is 89.9 Å². The number of hydrogen-bond donors (Lipinski definition) is 0. The highest BCUT2D eigenvalue weighted by Gasteiger charge is 2.19. The first-order valence-corrected chi connectivity index (χ1v) is 23.2. The summed E-state index contributed by atoms with van der Waals surface area (Å²) in [6.45, 7) is 6.21. The Kier molecular flexibility index (Phi) is 43.2. The van der Waals surface area contributed by atoms with Gasteiger partial charge in [-0.2, -0.15) is 0 Å². The largest absolute Gasteiger partial charge is 0.462 e. The summed E-state index contributed by atoms with van der Waals surface area (Å²) in [6.07, 6.45) is 63.3. The van der Waals surface area contributed by atoms with Crippen LogP contribution >= 0.6 is 0 Å². The lowest BCUT2D eigenvalue weighted by atomic mass is 10.1. The average molecular weight is 815 g/mol. The minimum Gasteiger partial charge on any atom is -0.462 e. The fourth-order valence-corrected chi connectivity index (χ4v) is 5.71. The van der Waals surface area contributed by atoms with Gasteiger partial charge in [-0.1, -0.05) is 200 Å². The molecule has 6 heteroatoms. The van der Waals surface area contributed by atoms with E-state index >= 15 is 0 Å². The van der Waals surface area contributed by atoms with E-state index in [-0.39, 0.29) is 31.6 Å². The lowest BCUT2D eigenvalue weighted by Gasteiger charge is -2.18. The lowest BCUT2D eigenvalue weighted by Crippen LogP contribution is -2.30. The Bertz CT molecular complexity index is 1300. The van der Waals surface area contributed by atoms with Crippen molar-refractivity contribution in [2.24, 2.45) is 0 Å². The molecule has 0 aromatic heterocycles. The van der Waals surface area contributed by atoms with Crippen LogP contribution in [-0.2, 0) is 28.6 Å². The minimum absolute atomic E-state index is 0.126. The number of hydrogen-bond acceptors (Lipinski definition) is 6. The molecule has 0 bridgehead atoms. The summed E-state index contributed by atoms with van der Waals surface area (Å²) in [5.41, 5.74) is 0. The molecule has 0 rings (SSSR count). The maximum absolute atomic E-state index is 12.7. The first-order valence-electron chi connectivity index (χ1n) is 23.2. The second kappa shape index (κ2) is 46.5. The minimum atomic E-state index is -0.833. The second-order valence-electron chi connectivity index (χ2n) is 14.8. The van der Waals surface area contributed by atoms with Crippen LogP contribution in [0.5, 0.6) is 0 Å². The topological polar surface area (TPSA) is 78.9 Å². The highest BCUT2D eigenvalue weighted by Crippen LogP contribution is 2.12. The number of carbonyl (C=O) groups is 3. The Morgan fingerprint density at radius 3 is 1.15 bits per heavy atom. The summed E-state index contributed by atoms with van der Waals surface area (Å²) < 4.78 is 16.6. The first-order chi connectivity index (χ1) is 29.0. The second-order valence-corrected chi connectivity index (χ2v) is 14.8. The lowest BCUT2D eigenvalue weighted by molar-refractivity contribution is -0.167. The third kappa shape index (κ3) is 44.8. The summed E-state index contributed by atoms with van der Waals surface area (Å²) in [5.74, 6) is -1.05. The monoisotopic (exact) mass is 815 g/mol. The molecule has 6 nitrogen and oxygen atoms in total. The number of esters is 3. The van der Waals surface area contributed by atoms with E-state index in [1.807, 2.05) is 79.0 Å². The Morgan fingerprint density at radius 2 is 0.695 bits per heavy atom. The van der Waals surface area contributed by atoms with Crippen LogP contribution in [0, 0.1) is 0 Å². The molecule has 0 aliphatic carbocycles.